The van der Waals surface area contributed by atoms with E-state index in [1.54, 1.807) is 7.11 Å². The molecule has 0 aliphatic carbocycles. The number of imidazole rings is 1. The van der Waals surface area contributed by atoms with Gasteiger partial charge in [-0.1, -0.05) is 0 Å². The molecule has 1 heterocycles. The second kappa shape index (κ2) is 5.89. The Bertz CT molecular complexity index is 561. The number of methoxy groups -OCH3 is 1. The van der Waals surface area contributed by atoms with Gasteiger partial charge < -0.3 is 14.6 Å². The van der Waals surface area contributed by atoms with Gasteiger partial charge in [0.05, 0.1) is 19.1 Å². The molecule has 2 rings (SSSR count). The average Bonchev–Trinajstić information content (AvgIpc) is 2.77. The summed E-state index contributed by atoms with van der Waals surface area (Å²) in [4.78, 5) is 4.53. The van der Waals surface area contributed by atoms with Crippen LogP contribution >= 0.6 is 0 Å². The van der Waals surface area contributed by atoms with Crippen LogP contribution in [0, 0.1) is 6.92 Å². The fraction of sp³-hybridized carbons (Fsp3) is 0.400. The van der Waals surface area contributed by atoms with Gasteiger partial charge in [0.25, 0.3) is 0 Å². The Labute approximate surface area is 114 Å². The molecule has 0 saturated heterocycles. The van der Waals surface area contributed by atoms with E-state index in [9.17, 15) is 0 Å². The third-order valence-electron chi connectivity index (χ3n) is 3.34. The van der Waals surface area contributed by atoms with Crippen molar-refractivity contribution in [2.45, 2.75) is 13.3 Å². The largest absolute Gasteiger partial charge is 0.496 e. The first-order chi connectivity index (χ1) is 9.17. The van der Waals surface area contributed by atoms with E-state index in [2.05, 4.69) is 33.9 Å². The molecular weight excluding hydrogens is 238 g/mol. The summed E-state index contributed by atoms with van der Waals surface area (Å²) in [7, 11) is 5.70. The molecule has 0 spiro atoms. The summed E-state index contributed by atoms with van der Waals surface area (Å²) in [5.74, 6) is 0.913. The molecule has 0 radical (unpaired) electrons. The molecule has 4 heteroatoms. The highest BCUT2D eigenvalue weighted by atomic mass is 16.5. The minimum absolute atomic E-state index is 0.913. The SMILES string of the molecule is CNCCc1c(-c2ccc(OC)c(C)c2)ncn1C. The third kappa shape index (κ3) is 2.79. The first kappa shape index (κ1) is 13.6. The zero-order valence-corrected chi connectivity index (χ0v) is 12.0. The number of benzene rings is 1. The Balaban J connectivity index is 2.38. The number of aromatic nitrogens is 2. The number of ether oxygens (including phenoxy) is 1. The van der Waals surface area contributed by atoms with Crippen molar-refractivity contribution in [3.8, 4) is 17.0 Å². The molecule has 0 amide bonds. The van der Waals surface area contributed by atoms with E-state index < -0.39 is 0 Å². The Kier molecular flexibility index (Phi) is 4.22. The summed E-state index contributed by atoms with van der Waals surface area (Å²) in [6, 6.07) is 6.20. The monoisotopic (exact) mass is 259 g/mol. The summed E-state index contributed by atoms with van der Waals surface area (Å²) in [6.45, 7) is 3.00. The van der Waals surface area contributed by atoms with Crippen molar-refractivity contribution in [1.82, 2.24) is 14.9 Å². The molecule has 4 nitrogen and oxygen atoms in total. The fourth-order valence-electron chi connectivity index (χ4n) is 2.26. The number of hydrogen-bond donors (Lipinski definition) is 1. The van der Waals surface area contributed by atoms with E-state index in [-0.39, 0.29) is 0 Å². The molecular formula is C15H21N3O. The standard InChI is InChI=1S/C15H21N3O/c1-11-9-12(5-6-14(11)19-4)15-13(7-8-16-2)18(3)10-17-15/h5-6,9-10,16H,7-8H2,1-4H3. The van der Waals surface area contributed by atoms with Crippen LogP contribution in [0.1, 0.15) is 11.3 Å². The molecule has 0 fully saturated rings. The lowest BCUT2D eigenvalue weighted by atomic mass is 10.1. The van der Waals surface area contributed by atoms with Gasteiger partial charge in [0.2, 0.25) is 0 Å². The molecule has 1 aromatic carbocycles. The van der Waals surface area contributed by atoms with Crippen molar-refractivity contribution in [3.05, 3.63) is 35.8 Å². The minimum atomic E-state index is 0.913. The third-order valence-corrected chi connectivity index (χ3v) is 3.34. The summed E-state index contributed by atoms with van der Waals surface area (Å²) in [6.07, 6.45) is 2.84. The Morgan fingerprint density at radius 1 is 1.37 bits per heavy atom. The number of nitrogens with zero attached hydrogens (tertiary/aromatic N) is 2. The van der Waals surface area contributed by atoms with Gasteiger partial charge in [-0.3, -0.25) is 0 Å². The van der Waals surface area contributed by atoms with Gasteiger partial charge in [0.15, 0.2) is 0 Å². The summed E-state index contributed by atoms with van der Waals surface area (Å²) >= 11 is 0. The molecule has 0 atom stereocenters. The van der Waals surface area contributed by atoms with E-state index in [0.29, 0.717) is 0 Å². The van der Waals surface area contributed by atoms with Crippen LogP contribution in [0.5, 0.6) is 5.75 Å². The maximum absolute atomic E-state index is 5.30. The van der Waals surface area contributed by atoms with Gasteiger partial charge in [-0.25, -0.2) is 4.98 Å². The number of rotatable bonds is 5. The summed E-state index contributed by atoms with van der Waals surface area (Å²) in [5.41, 5.74) is 4.58. The van der Waals surface area contributed by atoms with Crippen molar-refractivity contribution in [1.29, 1.82) is 0 Å². The first-order valence-corrected chi connectivity index (χ1v) is 6.47. The van der Waals surface area contributed by atoms with E-state index >= 15 is 0 Å². The molecule has 0 aliphatic heterocycles. The Morgan fingerprint density at radius 2 is 2.16 bits per heavy atom. The van der Waals surface area contributed by atoms with Gasteiger partial charge in [-0.05, 0) is 37.7 Å². The van der Waals surface area contributed by atoms with Gasteiger partial charge in [0.1, 0.15) is 5.75 Å². The lowest BCUT2D eigenvalue weighted by Crippen LogP contribution is -2.12. The van der Waals surface area contributed by atoms with Gasteiger partial charge in [0, 0.05) is 31.3 Å². The average molecular weight is 259 g/mol. The number of likely N-dealkylation sites (N-methyl/N-ethyl adjacent to an activating group) is 1. The van der Waals surface area contributed by atoms with Crippen molar-refractivity contribution in [2.75, 3.05) is 20.7 Å². The molecule has 0 aliphatic rings. The van der Waals surface area contributed by atoms with Crippen molar-refractivity contribution >= 4 is 0 Å². The van der Waals surface area contributed by atoms with E-state index in [1.165, 1.54) is 5.69 Å². The second-order valence-corrected chi connectivity index (χ2v) is 4.69. The molecule has 19 heavy (non-hydrogen) atoms. The molecule has 0 bridgehead atoms. The minimum Gasteiger partial charge on any atom is -0.496 e. The van der Waals surface area contributed by atoms with E-state index in [0.717, 1.165) is 35.5 Å². The van der Waals surface area contributed by atoms with Crippen LogP contribution in [0.3, 0.4) is 0 Å². The highest BCUT2D eigenvalue weighted by molar-refractivity contribution is 5.64. The van der Waals surface area contributed by atoms with E-state index in [1.807, 2.05) is 26.5 Å². The van der Waals surface area contributed by atoms with Gasteiger partial charge >= 0.3 is 0 Å². The maximum Gasteiger partial charge on any atom is 0.121 e. The highest BCUT2D eigenvalue weighted by Gasteiger charge is 2.11. The molecule has 2 aromatic rings. The van der Waals surface area contributed by atoms with Crippen LogP contribution in [0.2, 0.25) is 0 Å². The molecule has 1 aromatic heterocycles. The maximum atomic E-state index is 5.30. The zero-order chi connectivity index (χ0) is 13.8. The molecule has 0 saturated carbocycles. The van der Waals surface area contributed by atoms with Crippen LogP contribution in [0.15, 0.2) is 24.5 Å². The van der Waals surface area contributed by atoms with Crippen LogP contribution < -0.4 is 10.1 Å². The molecule has 0 unspecified atom stereocenters. The van der Waals surface area contributed by atoms with Crippen molar-refractivity contribution in [3.63, 3.8) is 0 Å². The normalized spacial score (nSPS) is 10.7. The second-order valence-electron chi connectivity index (χ2n) is 4.69. The lowest BCUT2D eigenvalue weighted by molar-refractivity contribution is 0.412. The molecule has 1 N–H and O–H groups in total. The van der Waals surface area contributed by atoms with Crippen LogP contribution in [-0.4, -0.2) is 30.3 Å². The topological polar surface area (TPSA) is 39.1 Å². The number of hydrogen-bond acceptors (Lipinski definition) is 3. The van der Waals surface area contributed by atoms with E-state index in [4.69, 9.17) is 4.74 Å². The number of nitrogens with one attached hydrogen (secondary N) is 1. The van der Waals surface area contributed by atoms with Crippen LogP contribution in [-0.2, 0) is 13.5 Å². The Hall–Kier alpha value is -1.81. The highest BCUT2D eigenvalue weighted by Crippen LogP contribution is 2.27. The first-order valence-electron chi connectivity index (χ1n) is 6.47. The summed E-state index contributed by atoms with van der Waals surface area (Å²) in [5, 5.41) is 3.18. The van der Waals surface area contributed by atoms with Crippen molar-refractivity contribution < 1.29 is 4.74 Å². The predicted molar refractivity (Wildman–Crippen MR) is 77.6 cm³/mol. The van der Waals surface area contributed by atoms with Crippen molar-refractivity contribution in [2.24, 2.45) is 7.05 Å². The van der Waals surface area contributed by atoms with Crippen LogP contribution in [0.25, 0.3) is 11.3 Å². The van der Waals surface area contributed by atoms with Gasteiger partial charge in [-0.2, -0.15) is 0 Å². The zero-order valence-electron chi connectivity index (χ0n) is 12.0. The summed E-state index contributed by atoms with van der Waals surface area (Å²) < 4.78 is 7.39. The molecule has 102 valence electrons. The smallest absolute Gasteiger partial charge is 0.121 e. The predicted octanol–water partition coefficient (Wildman–Crippen LogP) is 2.17. The Morgan fingerprint density at radius 3 is 2.79 bits per heavy atom. The quantitative estimate of drug-likeness (QED) is 0.894. The fourth-order valence-corrected chi connectivity index (χ4v) is 2.26. The lowest BCUT2D eigenvalue weighted by Gasteiger charge is -2.09. The van der Waals surface area contributed by atoms with Gasteiger partial charge in [-0.15, -0.1) is 0 Å². The van der Waals surface area contributed by atoms with Crippen LogP contribution in [0.4, 0.5) is 0 Å². The number of aryl methyl sites for hydroxylation is 2.